The van der Waals surface area contributed by atoms with Crippen LogP contribution in [0.1, 0.15) is 36.1 Å². The molecule has 1 N–H and O–H groups in total. The first-order valence-corrected chi connectivity index (χ1v) is 17.3. The summed E-state index contributed by atoms with van der Waals surface area (Å²) in [5.41, 5.74) is 3.31. The van der Waals surface area contributed by atoms with Gasteiger partial charge in [0.15, 0.2) is 0 Å². The van der Waals surface area contributed by atoms with Crippen LogP contribution in [0, 0.1) is 19.8 Å². The van der Waals surface area contributed by atoms with Gasteiger partial charge in [0, 0.05) is 35.1 Å². The van der Waals surface area contributed by atoms with E-state index >= 15 is 0 Å². The fourth-order valence-corrected chi connectivity index (χ4v) is 7.11. The highest BCUT2D eigenvalue weighted by molar-refractivity contribution is 7.92. The summed E-state index contributed by atoms with van der Waals surface area (Å²) in [5.74, 6) is -0.784. The minimum Gasteiger partial charge on any atom is -0.354 e. The molecule has 0 aliphatic heterocycles. The minimum atomic E-state index is -4.20. The summed E-state index contributed by atoms with van der Waals surface area (Å²) in [6.07, 6.45) is 0.188. The topological polar surface area (TPSA) is 86.8 Å². The molecule has 1 atom stereocenters. The third kappa shape index (κ3) is 8.90. The van der Waals surface area contributed by atoms with Crippen LogP contribution in [0.15, 0.2) is 102 Å². The summed E-state index contributed by atoms with van der Waals surface area (Å²) in [6, 6.07) is 26.8. The first-order chi connectivity index (χ1) is 21.9. The van der Waals surface area contributed by atoms with Crippen molar-refractivity contribution in [3.8, 4) is 0 Å². The molecule has 0 heterocycles. The van der Waals surface area contributed by atoms with Gasteiger partial charge in [0.25, 0.3) is 10.0 Å². The molecule has 0 saturated carbocycles. The fourth-order valence-electron chi connectivity index (χ4n) is 5.17. The minimum absolute atomic E-state index is 0.0400. The van der Waals surface area contributed by atoms with Gasteiger partial charge >= 0.3 is 0 Å². The second-order valence-corrected chi connectivity index (χ2v) is 14.4. The van der Waals surface area contributed by atoms with Gasteiger partial charge in [-0.15, -0.1) is 0 Å². The molecule has 0 bridgehead atoms. The first-order valence-electron chi connectivity index (χ1n) is 15.1. The van der Waals surface area contributed by atoms with Crippen molar-refractivity contribution in [2.75, 3.05) is 17.4 Å². The Morgan fingerprint density at radius 2 is 1.37 bits per heavy atom. The monoisotopic (exact) mass is 679 g/mol. The van der Waals surface area contributed by atoms with Gasteiger partial charge in [-0.2, -0.15) is 0 Å². The van der Waals surface area contributed by atoms with E-state index < -0.39 is 28.5 Å². The molecular weight excluding hydrogens is 641 g/mol. The fraction of sp³-hybridized carbons (Fsp3) is 0.278. The molecule has 4 aromatic rings. The molecule has 2 amide bonds. The van der Waals surface area contributed by atoms with E-state index in [1.807, 2.05) is 64.1 Å². The summed E-state index contributed by atoms with van der Waals surface area (Å²) in [7, 11) is -4.20. The van der Waals surface area contributed by atoms with Crippen molar-refractivity contribution in [3.05, 3.63) is 129 Å². The van der Waals surface area contributed by atoms with Crippen LogP contribution in [-0.4, -0.2) is 44.3 Å². The van der Waals surface area contributed by atoms with Crippen molar-refractivity contribution in [1.82, 2.24) is 10.2 Å². The number of halogens is 2. The largest absolute Gasteiger partial charge is 0.354 e. The SMILES string of the molecule is Cc1cc(C)cc(N(CC(=O)N(Cc2c(Cl)cccc2Cl)C(Cc2ccccc2)C(=O)NCC(C)C)S(=O)(=O)c2ccccc2)c1. The van der Waals surface area contributed by atoms with Crippen molar-refractivity contribution < 1.29 is 18.0 Å². The first kappa shape index (κ1) is 35.0. The number of nitrogens with one attached hydrogen (secondary N) is 1. The summed E-state index contributed by atoms with van der Waals surface area (Å²) in [5, 5.41) is 3.63. The molecule has 242 valence electrons. The number of amides is 2. The van der Waals surface area contributed by atoms with Crippen LogP contribution in [0.3, 0.4) is 0 Å². The predicted molar refractivity (Wildman–Crippen MR) is 186 cm³/mol. The van der Waals surface area contributed by atoms with E-state index in [2.05, 4.69) is 5.32 Å². The van der Waals surface area contributed by atoms with Crippen molar-refractivity contribution in [1.29, 1.82) is 0 Å². The van der Waals surface area contributed by atoms with Crippen LogP contribution in [-0.2, 0) is 32.6 Å². The number of rotatable bonds is 13. The van der Waals surface area contributed by atoms with Crippen LogP contribution < -0.4 is 9.62 Å². The molecule has 0 fully saturated rings. The maximum Gasteiger partial charge on any atom is 0.264 e. The van der Waals surface area contributed by atoms with E-state index in [4.69, 9.17) is 23.2 Å². The average molecular weight is 681 g/mol. The van der Waals surface area contributed by atoms with Gasteiger partial charge in [-0.1, -0.05) is 97.7 Å². The van der Waals surface area contributed by atoms with Gasteiger partial charge < -0.3 is 10.2 Å². The van der Waals surface area contributed by atoms with Crippen LogP contribution in [0.5, 0.6) is 0 Å². The Kier molecular flexibility index (Phi) is 11.9. The quantitative estimate of drug-likeness (QED) is 0.162. The molecule has 0 aromatic heterocycles. The zero-order chi connectivity index (χ0) is 33.4. The summed E-state index contributed by atoms with van der Waals surface area (Å²) >= 11 is 13.2. The number of anilines is 1. The lowest BCUT2D eigenvalue weighted by molar-refractivity contribution is -0.140. The highest BCUT2D eigenvalue weighted by Crippen LogP contribution is 2.30. The molecular formula is C36H39Cl2N3O4S. The third-order valence-corrected chi connectivity index (χ3v) is 9.95. The lowest BCUT2D eigenvalue weighted by atomic mass is 10.0. The Hall–Kier alpha value is -3.85. The van der Waals surface area contributed by atoms with E-state index in [0.717, 1.165) is 21.0 Å². The molecule has 7 nitrogen and oxygen atoms in total. The number of aryl methyl sites for hydroxylation is 2. The van der Waals surface area contributed by atoms with Crippen molar-refractivity contribution in [3.63, 3.8) is 0 Å². The molecule has 0 aliphatic rings. The number of sulfonamides is 1. The molecule has 4 aromatic carbocycles. The lowest BCUT2D eigenvalue weighted by Gasteiger charge is -2.34. The molecule has 46 heavy (non-hydrogen) atoms. The van der Waals surface area contributed by atoms with Crippen LogP contribution in [0.2, 0.25) is 10.0 Å². The Balaban J connectivity index is 1.85. The smallest absolute Gasteiger partial charge is 0.264 e. The van der Waals surface area contributed by atoms with E-state index in [1.54, 1.807) is 48.5 Å². The highest BCUT2D eigenvalue weighted by atomic mass is 35.5. The highest BCUT2D eigenvalue weighted by Gasteiger charge is 2.35. The van der Waals surface area contributed by atoms with E-state index in [9.17, 15) is 18.0 Å². The molecule has 10 heteroatoms. The molecule has 0 saturated heterocycles. The van der Waals surface area contributed by atoms with Gasteiger partial charge in [0.1, 0.15) is 12.6 Å². The lowest BCUT2D eigenvalue weighted by Crippen LogP contribution is -2.53. The Morgan fingerprint density at radius 1 is 0.804 bits per heavy atom. The summed E-state index contributed by atoms with van der Waals surface area (Å²) in [6.45, 7) is 7.42. The van der Waals surface area contributed by atoms with Gasteiger partial charge in [0.05, 0.1) is 10.6 Å². The summed E-state index contributed by atoms with van der Waals surface area (Å²) in [4.78, 5) is 30.0. The number of hydrogen-bond donors (Lipinski definition) is 1. The Bertz CT molecular complexity index is 1730. The second kappa shape index (κ2) is 15.6. The number of carbonyl (C=O) groups excluding carboxylic acids is 2. The zero-order valence-corrected chi connectivity index (χ0v) is 28.7. The van der Waals surface area contributed by atoms with Crippen LogP contribution in [0.25, 0.3) is 0 Å². The number of hydrogen-bond acceptors (Lipinski definition) is 4. The van der Waals surface area contributed by atoms with Crippen molar-refractivity contribution in [2.24, 2.45) is 5.92 Å². The molecule has 0 radical (unpaired) electrons. The normalized spacial score (nSPS) is 12.1. The Morgan fingerprint density at radius 3 is 1.93 bits per heavy atom. The van der Waals surface area contributed by atoms with Gasteiger partial charge in [-0.05, 0) is 72.9 Å². The second-order valence-electron chi connectivity index (χ2n) is 11.7. The predicted octanol–water partition coefficient (Wildman–Crippen LogP) is 7.22. The molecule has 1 unspecified atom stereocenters. The van der Waals surface area contributed by atoms with Gasteiger partial charge in [0.2, 0.25) is 11.8 Å². The van der Waals surface area contributed by atoms with Crippen LogP contribution in [0.4, 0.5) is 5.69 Å². The number of benzene rings is 4. The van der Waals surface area contributed by atoms with Crippen molar-refractivity contribution in [2.45, 2.75) is 51.6 Å². The van der Waals surface area contributed by atoms with Gasteiger partial charge in [-0.3, -0.25) is 13.9 Å². The maximum absolute atomic E-state index is 14.6. The van der Waals surface area contributed by atoms with E-state index in [-0.39, 0.29) is 29.7 Å². The average Bonchev–Trinajstić information content (AvgIpc) is 3.01. The maximum atomic E-state index is 14.6. The molecule has 0 aliphatic carbocycles. The number of nitrogens with zero attached hydrogens (tertiary/aromatic N) is 2. The van der Waals surface area contributed by atoms with E-state index in [0.29, 0.717) is 27.8 Å². The third-order valence-electron chi connectivity index (χ3n) is 7.45. The van der Waals surface area contributed by atoms with Crippen LogP contribution >= 0.6 is 23.2 Å². The zero-order valence-electron chi connectivity index (χ0n) is 26.4. The van der Waals surface area contributed by atoms with E-state index in [1.165, 1.54) is 17.0 Å². The van der Waals surface area contributed by atoms with Crippen molar-refractivity contribution >= 4 is 50.7 Å². The molecule has 0 spiro atoms. The summed E-state index contributed by atoms with van der Waals surface area (Å²) < 4.78 is 29.5. The number of carbonyl (C=O) groups is 2. The van der Waals surface area contributed by atoms with Gasteiger partial charge in [-0.25, -0.2) is 8.42 Å². The molecule has 4 rings (SSSR count). The Labute approximate surface area is 282 Å². The standard InChI is InChI=1S/C36H39Cl2N3O4S/c1-25(2)22-39-36(43)34(21-28-12-7-5-8-13-28)40(23-31-32(37)16-11-17-33(31)38)35(42)24-41(29-19-26(3)18-27(4)20-29)46(44,45)30-14-9-6-10-15-30/h5-20,25,34H,21-24H2,1-4H3,(H,39,43).